The van der Waals surface area contributed by atoms with Crippen molar-refractivity contribution in [2.45, 2.75) is 13.3 Å². The predicted molar refractivity (Wildman–Crippen MR) is 81.3 cm³/mol. The predicted octanol–water partition coefficient (Wildman–Crippen LogP) is 2.89. The van der Waals surface area contributed by atoms with Crippen LogP contribution in [0.2, 0.25) is 0 Å². The second kappa shape index (κ2) is 7.13. The number of hydrogen-bond acceptors (Lipinski definition) is 4. The third-order valence-corrected chi connectivity index (χ3v) is 3.81. The molecule has 1 heterocycles. The average Bonchev–Trinajstić information content (AvgIpc) is 2.95. The minimum absolute atomic E-state index is 0.137. The number of thiazole rings is 1. The lowest BCUT2D eigenvalue weighted by atomic mass is 10.2. The van der Waals surface area contributed by atoms with Gasteiger partial charge in [0, 0.05) is 17.5 Å². The van der Waals surface area contributed by atoms with Crippen molar-refractivity contribution >= 4 is 23.2 Å². The molecule has 0 saturated carbocycles. The quantitative estimate of drug-likeness (QED) is 0.888. The van der Waals surface area contributed by atoms with Crippen molar-refractivity contribution in [2.75, 3.05) is 13.1 Å². The second-order valence-corrected chi connectivity index (χ2v) is 5.50. The summed E-state index contributed by atoms with van der Waals surface area (Å²) in [5, 5.41) is 10.8. The van der Waals surface area contributed by atoms with Gasteiger partial charge in [-0.2, -0.15) is 0 Å². The van der Waals surface area contributed by atoms with Crippen LogP contribution in [0.3, 0.4) is 0 Å². The molecule has 1 aromatic heterocycles. The van der Waals surface area contributed by atoms with Crippen LogP contribution in [0, 0.1) is 5.82 Å². The molecule has 0 saturated heterocycles. The van der Waals surface area contributed by atoms with Gasteiger partial charge in [0.25, 0.3) is 5.91 Å². The molecule has 116 valence electrons. The summed E-state index contributed by atoms with van der Waals surface area (Å²) in [4.78, 5) is 28.5. The molecular formula is C15H15FN2O3S. The van der Waals surface area contributed by atoms with E-state index in [0.717, 1.165) is 11.3 Å². The summed E-state index contributed by atoms with van der Waals surface area (Å²) in [5.41, 5.74) is 0.463. The number of halogens is 1. The molecule has 0 aliphatic heterocycles. The lowest BCUT2D eigenvalue weighted by Gasteiger charge is -2.18. The van der Waals surface area contributed by atoms with E-state index in [1.165, 1.54) is 16.3 Å². The largest absolute Gasteiger partial charge is 0.480 e. The van der Waals surface area contributed by atoms with E-state index in [-0.39, 0.29) is 12.2 Å². The van der Waals surface area contributed by atoms with Gasteiger partial charge < -0.3 is 10.0 Å². The average molecular weight is 322 g/mol. The smallest absolute Gasteiger partial charge is 0.323 e. The molecular weight excluding hydrogens is 307 g/mol. The highest BCUT2D eigenvalue weighted by Crippen LogP contribution is 2.26. The maximum absolute atomic E-state index is 13.7. The van der Waals surface area contributed by atoms with Crippen molar-refractivity contribution in [1.82, 2.24) is 9.88 Å². The molecule has 1 aromatic carbocycles. The fraction of sp³-hybridized carbons (Fsp3) is 0.267. The second-order valence-electron chi connectivity index (χ2n) is 4.64. The highest BCUT2D eigenvalue weighted by atomic mass is 32.1. The zero-order valence-corrected chi connectivity index (χ0v) is 12.8. The Kier molecular flexibility index (Phi) is 5.21. The summed E-state index contributed by atoms with van der Waals surface area (Å²) < 4.78 is 13.7. The molecule has 2 rings (SSSR count). The van der Waals surface area contributed by atoms with E-state index < -0.39 is 17.7 Å². The Morgan fingerprint density at radius 2 is 2.09 bits per heavy atom. The van der Waals surface area contributed by atoms with Crippen molar-refractivity contribution < 1.29 is 19.1 Å². The van der Waals surface area contributed by atoms with E-state index in [4.69, 9.17) is 5.11 Å². The number of benzene rings is 1. The Morgan fingerprint density at radius 1 is 1.36 bits per heavy atom. The lowest BCUT2D eigenvalue weighted by Crippen LogP contribution is -2.36. The monoisotopic (exact) mass is 322 g/mol. The van der Waals surface area contributed by atoms with E-state index in [0.29, 0.717) is 23.5 Å². The van der Waals surface area contributed by atoms with E-state index in [1.807, 2.05) is 6.92 Å². The van der Waals surface area contributed by atoms with Gasteiger partial charge in [-0.15, -0.1) is 11.3 Å². The molecule has 0 radical (unpaired) electrons. The van der Waals surface area contributed by atoms with Gasteiger partial charge >= 0.3 is 5.97 Å². The van der Waals surface area contributed by atoms with Gasteiger partial charge in [0.15, 0.2) is 0 Å². The molecule has 0 bridgehead atoms. The van der Waals surface area contributed by atoms with E-state index >= 15 is 0 Å². The van der Waals surface area contributed by atoms with Crippen molar-refractivity contribution in [3.63, 3.8) is 0 Å². The van der Waals surface area contributed by atoms with Gasteiger partial charge in [-0.25, -0.2) is 9.37 Å². The molecule has 0 atom stereocenters. The molecule has 0 spiro atoms. The fourth-order valence-corrected chi connectivity index (χ4v) is 2.80. The van der Waals surface area contributed by atoms with Crippen LogP contribution in [-0.2, 0) is 4.79 Å². The zero-order valence-electron chi connectivity index (χ0n) is 12.0. The summed E-state index contributed by atoms with van der Waals surface area (Å²) >= 11 is 1.15. The van der Waals surface area contributed by atoms with Crippen LogP contribution in [0.25, 0.3) is 10.6 Å². The summed E-state index contributed by atoms with van der Waals surface area (Å²) in [6.45, 7) is 1.81. The number of carboxylic acids is 1. The number of rotatable bonds is 6. The van der Waals surface area contributed by atoms with Crippen LogP contribution in [0.1, 0.15) is 23.8 Å². The van der Waals surface area contributed by atoms with Gasteiger partial charge in [-0.3, -0.25) is 9.59 Å². The van der Waals surface area contributed by atoms with Gasteiger partial charge in [-0.1, -0.05) is 19.1 Å². The molecule has 1 amide bonds. The third-order valence-electron chi connectivity index (χ3n) is 2.93. The molecule has 2 aromatic rings. The van der Waals surface area contributed by atoms with Crippen LogP contribution >= 0.6 is 11.3 Å². The van der Waals surface area contributed by atoms with Crippen molar-refractivity contribution in [3.05, 3.63) is 41.2 Å². The summed E-state index contributed by atoms with van der Waals surface area (Å²) in [6.07, 6.45) is 0.642. The van der Waals surface area contributed by atoms with E-state index in [1.54, 1.807) is 18.2 Å². The number of aromatic nitrogens is 1. The van der Waals surface area contributed by atoms with Gasteiger partial charge in [-0.05, 0) is 18.6 Å². The maximum atomic E-state index is 13.7. The van der Waals surface area contributed by atoms with Crippen molar-refractivity contribution in [1.29, 1.82) is 0 Å². The number of aliphatic carboxylic acids is 1. The standard InChI is InChI=1S/C15H15FN2O3S/c1-2-7-18(8-13(19)20)15(21)12-9-22-14(17-12)10-5-3-4-6-11(10)16/h3-6,9H,2,7-8H2,1H3,(H,19,20). The van der Waals surface area contributed by atoms with Crippen LogP contribution < -0.4 is 0 Å². The molecule has 0 aliphatic rings. The topological polar surface area (TPSA) is 70.5 Å². The maximum Gasteiger partial charge on any atom is 0.323 e. The molecule has 5 nitrogen and oxygen atoms in total. The third kappa shape index (κ3) is 3.67. The number of hydrogen-bond donors (Lipinski definition) is 1. The summed E-state index contributed by atoms with van der Waals surface area (Å²) in [7, 11) is 0. The Balaban J connectivity index is 2.24. The fourth-order valence-electron chi connectivity index (χ4n) is 1.98. The minimum atomic E-state index is -1.08. The van der Waals surface area contributed by atoms with Crippen LogP contribution in [0.5, 0.6) is 0 Å². The molecule has 0 aliphatic carbocycles. The van der Waals surface area contributed by atoms with Gasteiger partial charge in [0.1, 0.15) is 23.1 Å². The minimum Gasteiger partial charge on any atom is -0.480 e. The summed E-state index contributed by atoms with van der Waals surface area (Å²) in [6, 6.07) is 6.18. The Morgan fingerprint density at radius 3 is 2.73 bits per heavy atom. The SMILES string of the molecule is CCCN(CC(=O)O)C(=O)c1csc(-c2ccccc2F)n1. The number of carboxylic acid groups (broad SMARTS) is 1. The summed E-state index contributed by atoms with van der Waals surface area (Å²) in [5.74, 6) is -1.94. The highest BCUT2D eigenvalue weighted by Gasteiger charge is 2.21. The van der Waals surface area contributed by atoms with E-state index in [2.05, 4.69) is 4.98 Å². The van der Waals surface area contributed by atoms with Crippen molar-refractivity contribution in [3.8, 4) is 10.6 Å². The Hall–Kier alpha value is -2.28. The number of amides is 1. The van der Waals surface area contributed by atoms with Crippen molar-refractivity contribution in [2.24, 2.45) is 0 Å². The molecule has 1 N–H and O–H groups in total. The molecule has 0 fully saturated rings. The highest BCUT2D eigenvalue weighted by molar-refractivity contribution is 7.13. The lowest BCUT2D eigenvalue weighted by molar-refractivity contribution is -0.137. The Labute approximate surface area is 131 Å². The Bertz CT molecular complexity index is 687. The van der Waals surface area contributed by atoms with Crippen LogP contribution in [0.15, 0.2) is 29.6 Å². The van der Waals surface area contributed by atoms with Crippen LogP contribution in [-0.4, -0.2) is 40.0 Å². The molecule has 22 heavy (non-hydrogen) atoms. The normalized spacial score (nSPS) is 10.5. The van der Waals surface area contributed by atoms with Crippen LogP contribution in [0.4, 0.5) is 4.39 Å². The first-order valence-corrected chi connectivity index (χ1v) is 7.62. The number of carbonyl (C=O) groups excluding carboxylic acids is 1. The number of carbonyl (C=O) groups is 2. The zero-order chi connectivity index (χ0) is 16.1. The van der Waals surface area contributed by atoms with Gasteiger partial charge in [0.2, 0.25) is 0 Å². The first-order chi connectivity index (χ1) is 10.5. The first kappa shape index (κ1) is 16.1. The number of nitrogens with zero attached hydrogens (tertiary/aromatic N) is 2. The molecule has 7 heteroatoms. The first-order valence-electron chi connectivity index (χ1n) is 6.74. The van der Waals surface area contributed by atoms with Gasteiger partial charge in [0.05, 0.1) is 0 Å². The molecule has 0 unspecified atom stereocenters. The van der Waals surface area contributed by atoms with E-state index in [9.17, 15) is 14.0 Å².